The molecule has 0 saturated heterocycles. The average molecular weight is 320 g/mol. The highest BCUT2D eigenvalue weighted by atomic mass is 79.9. The molecule has 0 aliphatic carbocycles. The molecule has 2 aromatic rings. The van der Waals surface area contributed by atoms with Crippen molar-refractivity contribution in [3.63, 3.8) is 0 Å². The number of hydrogen-bond donors (Lipinski definition) is 2. The lowest BCUT2D eigenvalue weighted by molar-refractivity contribution is 0.560. The fourth-order valence-corrected chi connectivity index (χ4v) is 2.72. The quantitative estimate of drug-likeness (QED) is 0.656. The molecular weight excluding hydrogens is 306 g/mol. The summed E-state index contributed by atoms with van der Waals surface area (Å²) in [6.07, 6.45) is 3.82. The van der Waals surface area contributed by atoms with Crippen molar-refractivity contribution in [2.24, 2.45) is 5.73 Å². The van der Waals surface area contributed by atoms with Gasteiger partial charge in [-0.25, -0.2) is 4.98 Å². The normalized spacial score (nSPS) is 14.3. The van der Waals surface area contributed by atoms with Gasteiger partial charge < -0.3 is 15.2 Å². The van der Waals surface area contributed by atoms with Crippen LogP contribution in [0.1, 0.15) is 11.4 Å². The number of amidine groups is 1. The molecule has 5 nitrogen and oxygen atoms in total. The van der Waals surface area contributed by atoms with E-state index in [-0.39, 0.29) is 5.84 Å². The second kappa shape index (κ2) is 4.70. The van der Waals surface area contributed by atoms with Gasteiger partial charge in [0.15, 0.2) is 0 Å². The summed E-state index contributed by atoms with van der Waals surface area (Å²) in [7, 11) is 0. The topological polar surface area (TPSA) is 70.9 Å². The third-order valence-electron chi connectivity index (χ3n) is 3.34. The molecule has 3 N–H and O–H groups in total. The first kappa shape index (κ1) is 12.2. The molecule has 0 amide bonds. The van der Waals surface area contributed by atoms with Gasteiger partial charge in [0.2, 0.25) is 0 Å². The number of nitrogens with one attached hydrogen (secondary N) is 1. The van der Waals surface area contributed by atoms with Crippen LogP contribution < -0.4 is 10.6 Å². The van der Waals surface area contributed by atoms with Crippen LogP contribution in [0.25, 0.3) is 0 Å². The number of hydrogen-bond acceptors (Lipinski definition) is 3. The third-order valence-corrected chi connectivity index (χ3v) is 3.83. The Labute approximate surface area is 119 Å². The van der Waals surface area contributed by atoms with Crippen molar-refractivity contribution in [3.8, 4) is 0 Å². The van der Waals surface area contributed by atoms with Gasteiger partial charge in [0.05, 0.1) is 6.54 Å². The summed E-state index contributed by atoms with van der Waals surface area (Å²) >= 11 is 3.48. The zero-order valence-corrected chi connectivity index (χ0v) is 11.9. The van der Waals surface area contributed by atoms with Gasteiger partial charge in [0, 0.05) is 41.2 Å². The number of nitrogen functional groups attached to an aromatic ring is 1. The number of aromatic nitrogens is 2. The van der Waals surface area contributed by atoms with E-state index in [1.54, 1.807) is 0 Å². The van der Waals surface area contributed by atoms with Gasteiger partial charge in [-0.2, -0.15) is 0 Å². The highest BCUT2D eigenvalue weighted by Crippen LogP contribution is 2.27. The molecule has 2 heterocycles. The van der Waals surface area contributed by atoms with E-state index in [2.05, 4.69) is 30.4 Å². The zero-order valence-electron chi connectivity index (χ0n) is 10.3. The molecule has 0 saturated carbocycles. The van der Waals surface area contributed by atoms with Crippen molar-refractivity contribution in [1.82, 2.24) is 9.55 Å². The van der Waals surface area contributed by atoms with E-state index in [0.717, 1.165) is 41.2 Å². The van der Waals surface area contributed by atoms with Crippen LogP contribution in [0.15, 0.2) is 35.1 Å². The van der Waals surface area contributed by atoms with E-state index in [4.69, 9.17) is 11.1 Å². The maximum Gasteiger partial charge on any atom is 0.128 e. The predicted molar refractivity (Wildman–Crippen MR) is 78.4 cm³/mol. The van der Waals surface area contributed by atoms with Crippen molar-refractivity contribution in [1.29, 1.82) is 5.41 Å². The van der Waals surface area contributed by atoms with Gasteiger partial charge in [-0.1, -0.05) is 15.9 Å². The van der Waals surface area contributed by atoms with Crippen molar-refractivity contribution >= 4 is 27.5 Å². The van der Waals surface area contributed by atoms with Crippen LogP contribution in [0.2, 0.25) is 0 Å². The SMILES string of the molecule is N=C(N)c1ccc(Br)cc1N1CCn2ccnc2C1. The third kappa shape index (κ3) is 2.23. The Kier molecular flexibility index (Phi) is 3.02. The summed E-state index contributed by atoms with van der Waals surface area (Å²) in [6.45, 7) is 2.53. The Hall–Kier alpha value is -1.82. The number of nitrogens with zero attached hydrogens (tertiary/aromatic N) is 3. The molecule has 0 atom stereocenters. The van der Waals surface area contributed by atoms with Gasteiger partial charge >= 0.3 is 0 Å². The van der Waals surface area contributed by atoms with Crippen LogP contribution in [0, 0.1) is 5.41 Å². The number of nitrogens with two attached hydrogens (primary N) is 1. The lowest BCUT2D eigenvalue weighted by Crippen LogP contribution is -2.35. The summed E-state index contributed by atoms with van der Waals surface area (Å²) in [5.74, 6) is 1.14. The molecule has 1 aliphatic heterocycles. The highest BCUT2D eigenvalue weighted by molar-refractivity contribution is 9.10. The minimum atomic E-state index is 0.0939. The van der Waals surface area contributed by atoms with Gasteiger partial charge in [0.25, 0.3) is 0 Å². The Bertz CT molecular complexity index is 634. The molecule has 0 fully saturated rings. The van der Waals surface area contributed by atoms with Crippen LogP contribution in [0.4, 0.5) is 5.69 Å². The van der Waals surface area contributed by atoms with Gasteiger partial charge in [-0.15, -0.1) is 0 Å². The van der Waals surface area contributed by atoms with E-state index in [1.807, 2.05) is 30.6 Å². The monoisotopic (exact) mass is 319 g/mol. The molecule has 1 aromatic carbocycles. The number of benzene rings is 1. The van der Waals surface area contributed by atoms with Crippen LogP contribution in [-0.2, 0) is 13.1 Å². The van der Waals surface area contributed by atoms with Crippen LogP contribution in [0.3, 0.4) is 0 Å². The van der Waals surface area contributed by atoms with Gasteiger partial charge in [0.1, 0.15) is 11.7 Å². The summed E-state index contributed by atoms with van der Waals surface area (Å²) in [5, 5.41) is 7.70. The lowest BCUT2D eigenvalue weighted by atomic mass is 10.1. The molecule has 6 heteroatoms. The summed E-state index contributed by atoms with van der Waals surface area (Å²) in [6, 6.07) is 5.79. The van der Waals surface area contributed by atoms with Crippen LogP contribution in [-0.4, -0.2) is 21.9 Å². The summed E-state index contributed by atoms with van der Waals surface area (Å²) < 4.78 is 3.14. The van der Waals surface area contributed by atoms with Crippen molar-refractivity contribution in [3.05, 3.63) is 46.5 Å². The molecule has 0 unspecified atom stereocenters. The first-order valence-corrected chi connectivity index (χ1v) is 6.83. The second-order valence-corrected chi connectivity index (χ2v) is 5.45. The fraction of sp³-hybridized carbons (Fsp3) is 0.231. The van der Waals surface area contributed by atoms with Crippen LogP contribution >= 0.6 is 15.9 Å². The predicted octanol–water partition coefficient (Wildman–Crippen LogP) is 1.95. The smallest absolute Gasteiger partial charge is 0.128 e. The van der Waals surface area contributed by atoms with E-state index in [1.165, 1.54) is 0 Å². The molecular formula is C13H14BrN5. The summed E-state index contributed by atoms with van der Waals surface area (Å²) in [5.41, 5.74) is 7.42. The van der Waals surface area contributed by atoms with E-state index < -0.39 is 0 Å². The van der Waals surface area contributed by atoms with Crippen molar-refractivity contribution in [2.45, 2.75) is 13.1 Å². The molecule has 3 rings (SSSR count). The maximum absolute atomic E-state index is 7.70. The molecule has 98 valence electrons. The molecule has 0 bridgehead atoms. The van der Waals surface area contributed by atoms with Crippen molar-refractivity contribution in [2.75, 3.05) is 11.4 Å². The second-order valence-electron chi connectivity index (χ2n) is 4.53. The Balaban J connectivity index is 1.99. The number of anilines is 1. The van der Waals surface area contributed by atoms with Gasteiger partial charge in [-0.3, -0.25) is 5.41 Å². The molecule has 19 heavy (non-hydrogen) atoms. The van der Waals surface area contributed by atoms with Gasteiger partial charge in [-0.05, 0) is 18.2 Å². The maximum atomic E-state index is 7.70. The molecule has 1 aromatic heterocycles. The van der Waals surface area contributed by atoms with E-state index in [0.29, 0.717) is 0 Å². The van der Waals surface area contributed by atoms with Crippen molar-refractivity contribution < 1.29 is 0 Å². The minimum Gasteiger partial charge on any atom is -0.384 e. The molecule has 1 aliphatic rings. The largest absolute Gasteiger partial charge is 0.384 e. The zero-order chi connectivity index (χ0) is 13.4. The minimum absolute atomic E-state index is 0.0939. The standard InChI is InChI=1S/C13H14BrN5/c14-9-1-2-10(13(15)16)11(7-9)19-6-5-18-4-3-17-12(18)8-19/h1-4,7H,5-6,8H2,(H3,15,16). The Morgan fingerprint density at radius 3 is 3.00 bits per heavy atom. The lowest BCUT2D eigenvalue weighted by Gasteiger charge is -2.31. The first-order chi connectivity index (χ1) is 9.15. The Morgan fingerprint density at radius 2 is 2.21 bits per heavy atom. The average Bonchev–Trinajstić information content (AvgIpc) is 2.85. The number of imidazole rings is 1. The molecule has 0 radical (unpaired) electrons. The highest BCUT2D eigenvalue weighted by Gasteiger charge is 2.20. The number of rotatable bonds is 2. The fourth-order valence-electron chi connectivity index (χ4n) is 2.37. The van der Waals surface area contributed by atoms with E-state index in [9.17, 15) is 0 Å². The summed E-state index contributed by atoms with van der Waals surface area (Å²) in [4.78, 5) is 6.57. The first-order valence-electron chi connectivity index (χ1n) is 6.04. The Morgan fingerprint density at radius 1 is 1.37 bits per heavy atom. The van der Waals surface area contributed by atoms with E-state index >= 15 is 0 Å². The van der Waals surface area contributed by atoms with Crippen LogP contribution in [0.5, 0.6) is 0 Å². The number of halogens is 1. The number of fused-ring (bicyclic) bond motifs is 1. The molecule has 0 spiro atoms.